The van der Waals surface area contributed by atoms with Crippen molar-refractivity contribution in [1.29, 1.82) is 0 Å². The van der Waals surface area contributed by atoms with Crippen LogP contribution in [0.15, 0.2) is 52.2 Å². The van der Waals surface area contributed by atoms with Gasteiger partial charge in [0.2, 0.25) is 10.0 Å². The molecule has 0 saturated heterocycles. The van der Waals surface area contributed by atoms with Gasteiger partial charge in [-0.1, -0.05) is 12.1 Å². The molecule has 0 spiro atoms. The van der Waals surface area contributed by atoms with E-state index in [1.54, 1.807) is 22.2 Å². The summed E-state index contributed by atoms with van der Waals surface area (Å²) in [4.78, 5) is 12.5. The summed E-state index contributed by atoms with van der Waals surface area (Å²) < 4.78 is 41.6. The SMILES string of the molecule is Cn1c(=O)n(CCNS(=O)(=O)c2ccc3c(c2)OCCO3)c2ccccc21. The Bertz CT molecular complexity index is 1160. The Morgan fingerprint density at radius 2 is 1.74 bits per heavy atom. The molecule has 0 atom stereocenters. The van der Waals surface area contributed by atoms with Gasteiger partial charge in [0.1, 0.15) is 13.2 Å². The Morgan fingerprint density at radius 3 is 2.52 bits per heavy atom. The zero-order valence-electron chi connectivity index (χ0n) is 14.7. The topological polar surface area (TPSA) is 91.6 Å². The summed E-state index contributed by atoms with van der Waals surface area (Å²) >= 11 is 0. The summed E-state index contributed by atoms with van der Waals surface area (Å²) in [7, 11) is -2.04. The van der Waals surface area contributed by atoms with E-state index in [4.69, 9.17) is 9.47 Å². The number of aryl methyl sites for hydroxylation is 1. The van der Waals surface area contributed by atoms with Gasteiger partial charge in [-0.2, -0.15) is 0 Å². The average Bonchev–Trinajstić information content (AvgIpc) is 2.92. The fourth-order valence-corrected chi connectivity index (χ4v) is 4.18. The number of nitrogens with one attached hydrogen (secondary N) is 1. The molecule has 0 amide bonds. The number of fused-ring (bicyclic) bond motifs is 2. The first-order chi connectivity index (χ1) is 13.0. The van der Waals surface area contributed by atoms with Crippen molar-refractivity contribution in [2.75, 3.05) is 19.8 Å². The number of rotatable bonds is 5. The van der Waals surface area contributed by atoms with Crippen molar-refractivity contribution >= 4 is 21.1 Å². The Kier molecular flexibility index (Phi) is 4.40. The molecule has 0 fully saturated rings. The molecule has 2 aromatic carbocycles. The lowest BCUT2D eigenvalue weighted by molar-refractivity contribution is 0.171. The maximum Gasteiger partial charge on any atom is 0.328 e. The van der Waals surface area contributed by atoms with E-state index in [1.807, 2.05) is 24.3 Å². The molecule has 1 N–H and O–H groups in total. The normalized spacial score (nSPS) is 13.8. The van der Waals surface area contributed by atoms with Crippen molar-refractivity contribution in [3.05, 3.63) is 52.9 Å². The van der Waals surface area contributed by atoms with Crippen LogP contribution in [-0.4, -0.2) is 37.3 Å². The summed E-state index contributed by atoms with van der Waals surface area (Å²) in [5.74, 6) is 0.942. The molecule has 1 aromatic heterocycles. The van der Waals surface area contributed by atoms with Crippen molar-refractivity contribution < 1.29 is 17.9 Å². The largest absolute Gasteiger partial charge is 0.486 e. The lowest BCUT2D eigenvalue weighted by atomic mass is 10.3. The van der Waals surface area contributed by atoms with Gasteiger partial charge in [0.15, 0.2) is 11.5 Å². The predicted octanol–water partition coefficient (Wildman–Crippen LogP) is 1.09. The number of sulfonamides is 1. The number of hydrogen-bond acceptors (Lipinski definition) is 5. The zero-order valence-corrected chi connectivity index (χ0v) is 15.5. The molecular formula is C18H19N3O5S. The van der Waals surface area contributed by atoms with Gasteiger partial charge in [-0.05, 0) is 24.3 Å². The molecule has 9 heteroatoms. The van der Waals surface area contributed by atoms with Crippen LogP contribution in [0.2, 0.25) is 0 Å². The highest BCUT2D eigenvalue weighted by Crippen LogP contribution is 2.32. The summed E-state index contributed by atoms with van der Waals surface area (Å²) in [6.07, 6.45) is 0. The van der Waals surface area contributed by atoms with Gasteiger partial charge in [-0.3, -0.25) is 9.13 Å². The van der Waals surface area contributed by atoms with Crippen LogP contribution in [0, 0.1) is 0 Å². The lowest BCUT2D eigenvalue weighted by Gasteiger charge is -2.19. The Labute approximate surface area is 156 Å². The van der Waals surface area contributed by atoms with E-state index in [0.29, 0.717) is 24.7 Å². The Balaban J connectivity index is 1.52. The molecule has 0 saturated carbocycles. The van der Waals surface area contributed by atoms with Crippen molar-refractivity contribution in [3.8, 4) is 11.5 Å². The number of imidazole rings is 1. The fourth-order valence-electron chi connectivity index (χ4n) is 3.15. The van der Waals surface area contributed by atoms with Gasteiger partial charge in [-0.25, -0.2) is 17.9 Å². The molecule has 2 heterocycles. The molecule has 4 rings (SSSR count). The Hall–Kier alpha value is -2.78. The van der Waals surface area contributed by atoms with Crippen LogP contribution in [-0.2, 0) is 23.6 Å². The van der Waals surface area contributed by atoms with Gasteiger partial charge in [0.05, 0.1) is 15.9 Å². The van der Waals surface area contributed by atoms with Crippen LogP contribution in [0.3, 0.4) is 0 Å². The third-order valence-electron chi connectivity index (χ3n) is 4.50. The number of ether oxygens (including phenoxy) is 2. The second-order valence-corrected chi connectivity index (χ2v) is 7.95. The zero-order chi connectivity index (χ0) is 19.0. The van der Waals surface area contributed by atoms with Crippen molar-refractivity contribution in [2.45, 2.75) is 11.4 Å². The number of para-hydroxylation sites is 2. The number of nitrogens with zero attached hydrogens (tertiary/aromatic N) is 2. The molecule has 1 aliphatic heterocycles. The number of hydrogen-bond donors (Lipinski definition) is 1. The quantitative estimate of drug-likeness (QED) is 0.705. The van der Waals surface area contributed by atoms with Crippen molar-refractivity contribution in [3.63, 3.8) is 0 Å². The van der Waals surface area contributed by atoms with E-state index in [9.17, 15) is 13.2 Å². The first kappa shape index (κ1) is 17.6. The van der Waals surface area contributed by atoms with E-state index in [2.05, 4.69) is 4.72 Å². The average molecular weight is 389 g/mol. The molecular weight excluding hydrogens is 370 g/mol. The van der Waals surface area contributed by atoms with Crippen molar-refractivity contribution in [1.82, 2.24) is 13.9 Å². The Morgan fingerprint density at radius 1 is 1.04 bits per heavy atom. The number of benzene rings is 2. The van der Waals surface area contributed by atoms with Crippen LogP contribution in [0.4, 0.5) is 0 Å². The standard InChI is InChI=1S/C18H19N3O5S/c1-20-14-4-2-3-5-15(14)21(18(20)22)9-8-19-27(23,24)13-6-7-16-17(12-13)26-11-10-25-16/h2-7,12,19H,8-11H2,1H3. The molecule has 8 nitrogen and oxygen atoms in total. The highest BCUT2D eigenvalue weighted by atomic mass is 32.2. The summed E-state index contributed by atoms with van der Waals surface area (Å²) in [5, 5.41) is 0. The minimum absolute atomic E-state index is 0.0880. The van der Waals surface area contributed by atoms with E-state index >= 15 is 0 Å². The summed E-state index contributed by atoms with van der Waals surface area (Å²) in [5.41, 5.74) is 1.38. The first-order valence-electron chi connectivity index (χ1n) is 8.51. The van der Waals surface area contributed by atoms with Crippen LogP contribution < -0.4 is 19.9 Å². The minimum Gasteiger partial charge on any atom is -0.486 e. The lowest BCUT2D eigenvalue weighted by Crippen LogP contribution is -2.31. The maximum absolute atomic E-state index is 12.6. The first-order valence-corrected chi connectivity index (χ1v) is 9.99. The van der Waals surface area contributed by atoms with Crippen LogP contribution >= 0.6 is 0 Å². The minimum atomic E-state index is -3.73. The highest BCUT2D eigenvalue weighted by molar-refractivity contribution is 7.89. The molecule has 3 aromatic rings. The fraction of sp³-hybridized carbons (Fsp3) is 0.278. The van der Waals surface area contributed by atoms with E-state index < -0.39 is 10.0 Å². The van der Waals surface area contributed by atoms with Crippen molar-refractivity contribution in [2.24, 2.45) is 7.05 Å². The third-order valence-corrected chi connectivity index (χ3v) is 5.96. The second kappa shape index (κ2) is 6.75. The van der Waals surface area contributed by atoms with Crippen LogP contribution in [0.5, 0.6) is 11.5 Å². The van der Waals surface area contributed by atoms with Gasteiger partial charge in [0, 0.05) is 26.2 Å². The summed E-state index contributed by atoms with van der Waals surface area (Å²) in [6, 6.07) is 11.9. The smallest absolute Gasteiger partial charge is 0.328 e. The molecule has 0 radical (unpaired) electrons. The molecule has 27 heavy (non-hydrogen) atoms. The summed E-state index contributed by atoms with van der Waals surface area (Å²) in [6.45, 7) is 1.14. The van der Waals surface area contributed by atoms with Gasteiger partial charge < -0.3 is 9.47 Å². The highest BCUT2D eigenvalue weighted by Gasteiger charge is 2.19. The number of aromatic nitrogens is 2. The monoisotopic (exact) mass is 389 g/mol. The molecule has 0 unspecified atom stereocenters. The maximum atomic E-state index is 12.6. The van der Waals surface area contributed by atoms with Gasteiger partial charge >= 0.3 is 5.69 Å². The molecule has 1 aliphatic rings. The molecule has 0 aliphatic carbocycles. The van der Waals surface area contributed by atoms with E-state index in [-0.39, 0.29) is 23.7 Å². The van der Waals surface area contributed by atoms with Gasteiger partial charge in [-0.15, -0.1) is 0 Å². The third kappa shape index (κ3) is 3.19. The van der Waals surface area contributed by atoms with Gasteiger partial charge in [0.25, 0.3) is 0 Å². The van der Waals surface area contributed by atoms with Crippen LogP contribution in [0.25, 0.3) is 11.0 Å². The second-order valence-electron chi connectivity index (χ2n) is 6.19. The predicted molar refractivity (Wildman–Crippen MR) is 99.8 cm³/mol. The molecule has 0 bridgehead atoms. The van der Waals surface area contributed by atoms with Crippen LogP contribution in [0.1, 0.15) is 0 Å². The van der Waals surface area contributed by atoms with E-state index in [0.717, 1.165) is 11.0 Å². The van der Waals surface area contributed by atoms with E-state index in [1.165, 1.54) is 12.1 Å². The molecule has 142 valence electrons.